The Hall–Kier alpha value is -3.48. The summed E-state index contributed by atoms with van der Waals surface area (Å²) in [5, 5.41) is 11.2. The number of nitriles is 1. The molecule has 1 aromatic heterocycles. The highest BCUT2D eigenvalue weighted by Crippen LogP contribution is 2.31. The molecule has 2 aromatic rings. The summed E-state index contributed by atoms with van der Waals surface area (Å²) in [6.45, 7) is -1.52. The smallest absolute Gasteiger partial charge is 0.268 e. The second kappa shape index (κ2) is 7.87. The van der Waals surface area contributed by atoms with Crippen LogP contribution in [0.1, 0.15) is 16.8 Å². The third kappa shape index (κ3) is 4.51. The van der Waals surface area contributed by atoms with E-state index < -0.39 is 54.9 Å². The number of benzene rings is 1. The van der Waals surface area contributed by atoms with E-state index in [-0.39, 0.29) is 16.7 Å². The first-order chi connectivity index (χ1) is 13.7. The summed E-state index contributed by atoms with van der Waals surface area (Å²) in [6, 6.07) is 4.37. The van der Waals surface area contributed by atoms with E-state index in [1.807, 2.05) is 0 Å². The zero-order valence-electron chi connectivity index (χ0n) is 14.8. The Morgan fingerprint density at radius 3 is 2.62 bits per heavy atom. The lowest BCUT2D eigenvalue weighted by Gasteiger charge is -2.19. The molecular weight excluding hydrogens is 392 g/mol. The third-order valence-electron chi connectivity index (χ3n) is 4.38. The van der Waals surface area contributed by atoms with Gasteiger partial charge in [-0.2, -0.15) is 5.26 Å². The number of carbonyl (C=O) groups excluding carboxylic acids is 2. The van der Waals surface area contributed by atoms with Crippen LogP contribution in [-0.2, 0) is 4.79 Å². The van der Waals surface area contributed by atoms with E-state index in [2.05, 4.69) is 10.3 Å². The molecule has 1 atom stereocenters. The largest absolute Gasteiger partial charge is 0.343 e. The molecule has 0 aliphatic carbocycles. The second-order valence-corrected chi connectivity index (χ2v) is 6.49. The quantitative estimate of drug-likeness (QED) is 0.791. The number of hydrogen-bond donors (Lipinski definition) is 1. The minimum Gasteiger partial charge on any atom is -0.343 e. The first-order valence-corrected chi connectivity index (χ1v) is 8.46. The molecule has 0 saturated carbocycles. The predicted octanol–water partition coefficient (Wildman–Crippen LogP) is 2.52. The van der Waals surface area contributed by atoms with Gasteiger partial charge in [-0.25, -0.2) is 17.6 Å². The van der Waals surface area contributed by atoms with Crippen molar-refractivity contribution in [2.24, 2.45) is 0 Å². The van der Waals surface area contributed by atoms with E-state index in [1.54, 1.807) is 6.07 Å². The number of halogens is 4. The molecule has 1 saturated heterocycles. The molecular formula is C19H14F4N4O2. The maximum atomic E-state index is 13.5. The molecule has 0 radical (unpaired) electrons. The van der Waals surface area contributed by atoms with Crippen molar-refractivity contribution in [3.05, 3.63) is 53.9 Å². The van der Waals surface area contributed by atoms with Gasteiger partial charge in [0.2, 0.25) is 5.91 Å². The molecule has 29 heavy (non-hydrogen) atoms. The van der Waals surface area contributed by atoms with Crippen LogP contribution in [-0.4, -0.2) is 46.8 Å². The zero-order valence-corrected chi connectivity index (χ0v) is 14.8. The van der Waals surface area contributed by atoms with Crippen molar-refractivity contribution in [3.8, 4) is 17.2 Å². The Morgan fingerprint density at radius 2 is 1.97 bits per heavy atom. The highest BCUT2D eigenvalue weighted by atomic mass is 19.3. The van der Waals surface area contributed by atoms with Gasteiger partial charge in [-0.1, -0.05) is 0 Å². The number of amides is 2. The van der Waals surface area contributed by atoms with Gasteiger partial charge in [0.25, 0.3) is 11.8 Å². The maximum absolute atomic E-state index is 13.5. The normalized spacial score (nSPS) is 17.6. The van der Waals surface area contributed by atoms with E-state index in [1.165, 1.54) is 18.5 Å². The van der Waals surface area contributed by atoms with Gasteiger partial charge in [-0.05, 0) is 23.8 Å². The van der Waals surface area contributed by atoms with Crippen LogP contribution in [0.2, 0.25) is 0 Å². The van der Waals surface area contributed by atoms with Gasteiger partial charge in [0.1, 0.15) is 17.7 Å². The van der Waals surface area contributed by atoms with Gasteiger partial charge in [0.15, 0.2) is 0 Å². The molecule has 1 aliphatic rings. The van der Waals surface area contributed by atoms with E-state index in [4.69, 9.17) is 5.26 Å². The molecule has 1 N–H and O–H groups in total. The fourth-order valence-corrected chi connectivity index (χ4v) is 3.08. The van der Waals surface area contributed by atoms with Crippen molar-refractivity contribution < 1.29 is 27.2 Å². The van der Waals surface area contributed by atoms with Crippen LogP contribution in [0.5, 0.6) is 0 Å². The Balaban J connectivity index is 1.75. The average molecular weight is 406 g/mol. The lowest BCUT2D eigenvalue weighted by molar-refractivity contribution is -0.131. The van der Waals surface area contributed by atoms with Crippen LogP contribution in [0.25, 0.3) is 11.1 Å². The Labute approximate surface area is 162 Å². The Bertz CT molecular complexity index is 986. The lowest BCUT2D eigenvalue weighted by Crippen LogP contribution is -2.43. The van der Waals surface area contributed by atoms with Crippen LogP contribution in [0.3, 0.4) is 0 Å². The zero-order chi connectivity index (χ0) is 21.2. The maximum Gasteiger partial charge on any atom is 0.268 e. The molecule has 6 nitrogen and oxygen atoms in total. The molecule has 0 bridgehead atoms. The summed E-state index contributed by atoms with van der Waals surface area (Å²) in [5.74, 6) is -6.46. The molecule has 10 heteroatoms. The topological polar surface area (TPSA) is 86.1 Å². The minimum absolute atomic E-state index is 0.0126. The number of rotatable bonds is 4. The molecule has 1 aromatic carbocycles. The first-order valence-electron chi connectivity index (χ1n) is 8.46. The number of pyridine rings is 1. The van der Waals surface area contributed by atoms with Crippen molar-refractivity contribution in [1.82, 2.24) is 15.2 Å². The summed E-state index contributed by atoms with van der Waals surface area (Å²) < 4.78 is 53.9. The van der Waals surface area contributed by atoms with Crippen molar-refractivity contribution in [2.75, 3.05) is 13.1 Å². The summed E-state index contributed by atoms with van der Waals surface area (Å²) in [7, 11) is 0. The summed E-state index contributed by atoms with van der Waals surface area (Å²) in [6.07, 6.45) is 1.75. The number of alkyl halides is 2. The fraction of sp³-hybridized carbons (Fsp3) is 0.263. The van der Waals surface area contributed by atoms with Crippen LogP contribution >= 0.6 is 0 Å². The van der Waals surface area contributed by atoms with Crippen LogP contribution in [0.4, 0.5) is 17.6 Å². The molecule has 150 valence electrons. The highest BCUT2D eigenvalue weighted by Gasteiger charge is 2.47. The minimum atomic E-state index is -3.17. The monoisotopic (exact) mass is 406 g/mol. The summed E-state index contributed by atoms with van der Waals surface area (Å²) in [4.78, 5) is 29.3. The van der Waals surface area contributed by atoms with Crippen LogP contribution in [0.15, 0.2) is 36.7 Å². The number of carbonyl (C=O) groups is 2. The van der Waals surface area contributed by atoms with Gasteiger partial charge in [0.05, 0.1) is 24.7 Å². The molecule has 2 amide bonds. The van der Waals surface area contributed by atoms with Gasteiger partial charge in [-0.3, -0.25) is 14.6 Å². The standard InChI is InChI=1S/C19H14F4N4O2/c20-12-3-11(4-13(21)5-12)16-8-25-2-1-15(16)18(29)26-9-17(28)27-10-19(22,23)6-14(27)7-24/h1-5,8,14H,6,9-10H2,(H,26,29). The molecule has 2 heterocycles. The van der Waals surface area contributed by atoms with Crippen molar-refractivity contribution >= 4 is 11.8 Å². The van der Waals surface area contributed by atoms with E-state index in [0.717, 1.165) is 17.0 Å². The molecule has 3 rings (SSSR count). The van der Waals surface area contributed by atoms with E-state index >= 15 is 0 Å². The molecule has 1 fully saturated rings. The van der Waals surface area contributed by atoms with Gasteiger partial charge in [-0.15, -0.1) is 0 Å². The van der Waals surface area contributed by atoms with Crippen LogP contribution < -0.4 is 5.32 Å². The predicted molar refractivity (Wildman–Crippen MR) is 92.6 cm³/mol. The Kier molecular flexibility index (Phi) is 5.50. The molecule has 1 unspecified atom stereocenters. The van der Waals surface area contributed by atoms with Gasteiger partial charge < -0.3 is 10.2 Å². The van der Waals surface area contributed by atoms with E-state index in [0.29, 0.717) is 6.07 Å². The number of aromatic nitrogens is 1. The van der Waals surface area contributed by atoms with Crippen molar-refractivity contribution in [1.29, 1.82) is 5.26 Å². The molecule has 0 spiro atoms. The number of nitrogens with one attached hydrogen (secondary N) is 1. The van der Waals surface area contributed by atoms with Gasteiger partial charge in [0, 0.05) is 30.4 Å². The lowest BCUT2D eigenvalue weighted by atomic mass is 10.0. The number of nitrogens with zero attached hydrogens (tertiary/aromatic N) is 3. The average Bonchev–Trinajstić information content (AvgIpc) is 3.00. The second-order valence-electron chi connectivity index (χ2n) is 6.49. The highest BCUT2D eigenvalue weighted by molar-refractivity contribution is 6.02. The van der Waals surface area contributed by atoms with Crippen LogP contribution in [0, 0.1) is 23.0 Å². The number of hydrogen-bond acceptors (Lipinski definition) is 4. The first kappa shape index (κ1) is 20.3. The van der Waals surface area contributed by atoms with Crippen molar-refractivity contribution in [2.45, 2.75) is 18.4 Å². The SMILES string of the molecule is N#CC1CC(F)(F)CN1C(=O)CNC(=O)c1ccncc1-c1cc(F)cc(F)c1. The Morgan fingerprint density at radius 1 is 1.28 bits per heavy atom. The third-order valence-corrected chi connectivity index (χ3v) is 4.38. The molecule has 1 aliphatic heterocycles. The van der Waals surface area contributed by atoms with Crippen molar-refractivity contribution in [3.63, 3.8) is 0 Å². The summed E-state index contributed by atoms with van der Waals surface area (Å²) >= 11 is 0. The fourth-order valence-electron chi connectivity index (χ4n) is 3.08. The summed E-state index contributed by atoms with van der Waals surface area (Å²) in [5.41, 5.74) is 0.177. The van der Waals surface area contributed by atoms with Gasteiger partial charge >= 0.3 is 0 Å². The van der Waals surface area contributed by atoms with E-state index in [9.17, 15) is 27.2 Å². The number of likely N-dealkylation sites (tertiary alicyclic amines) is 1.